The van der Waals surface area contributed by atoms with Crippen LogP contribution in [0.1, 0.15) is 19.8 Å². The summed E-state index contributed by atoms with van der Waals surface area (Å²) in [5, 5.41) is 10.9. The Balaban J connectivity index is 2.51. The van der Waals surface area contributed by atoms with Crippen molar-refractivity contribution in [3.8, 4) is 5.75 Å². The van der Waals surface area contributed by atoms with Crippen molar-refractivity contribution in [2.45, 2.75) is 19.8 Å². The van der Waals surface area contributed by atoms with Gasteiger partial charge in [0.25, 0.3) is 0 Å². The number of nitro benzene ring substituents is 1. The van der Waals surface area contributed by atoms with Crippen LogP contribution in [0.5, 0.6) is 5.75 Å². The second-order valence-corrected chi connectivity index (χ2v) is 8.46. The van der Waals surface area contributed by atoms with Gasteiger partial charge in [-0.2, -0.15) is 0 Å². The monoisotopic (exact) mass is 399 g/mol. The van der Waals surface area contributed by atoms with Crippen LogP contribution in [0, 0.1) is 16.0 Å². The molecule has 1 unspecified atom stereocenters. The second-order valence-electron chi connectivity index (χ2n) is 4.64. The molecule has 1 rings (SSSR count). The van der Waals surface area contributed by atoms with Gasteiger partial charge >= 0.3 is 5.69 Å². The fourth-order valence-corrected chi connectivity index (χ4v) is 2.91. The predicted molar refractivity (Wildman–Crippen MR) is 84.3 cm³/mol. The number of ether oxygens (including phenoxy) is 1. The zero-order valence-electron chi connectivity index (χ0n) is 11.3. The van der Waals surface area contributed by atoms with E-state index in [1.54, 1.807) is 6.07 Å². The standard InChI is InChI=1S/C12H15BrClNO5S/c1-9(5-7-21(14,18)19)4-6-20-12-3-2-10(13)8-11(12)15(16)17/h2-3,8-9H,4-7H2,1H3. The molecule has 0 aliphatic rings. The average molecular weight is 401 g/mol. The Labute approximate surface area is 136 Å². The van der Waals surface area contributed by atoms with Crippen LogP contribution < -0.4 is 4.74 Å². The fraction of sp³-hybridized carbons (Fsp3) is 0.500. The first-order valence-corrected chi connectivity index (χ1v) is 9.45. The zero-order valence-corrected chi connectivity index (χ0v) is 14.4. The molecule has 0 aliphatic carbocycles. The van der Waals surface area contributed by atoms with Crippen molar-refractivity contribution < 1.29 is 18.1 Å². The van der Waals surface area contributed by atoms with E-state index in [1.807, 2.05) is 6.92 Å². The molecular formula is C12H15BrClNO5S. The minimum absolute atomic E-state index is 0.0891. The predicted octanol–water partition coefficient (Wildman–Crippen LogP) is 3.72. The zero-order chi connectivity index (χ0) is 16.0. The minimum Gasteiger partial charge on any atom is -0.487 e. The molecule has 21 heavy (non-hydrogen) atoms. The normalized spacial score (nSPS) is 12.9. The van der Waals surface area contributed by atoms with E-state index in [4.69, 9.17) is 15.4 Å². The van der Waals surface area contributed by atoms with E-state index in [2.05, 4.69) is 15.9 Å². The summed E-state index contributed by atoms with van der Waals surface area (Å²) >= 11 is 3.17. The lowest BCUT2D eigenvalue weighted by Gasteiger charge is -2.11. The number of rotatable bonds is 8. The van der Waals surface area contributed by atoms with E-state index in [0.29, 0.717) is 17.3 Å². The van der Waals surface area contributed by atoms with Crippen molar-refractivity contribution in [2.75, 3.05) is 12.4 Å². The van der Waals surface area contributed by atoms with Gasteiger partial charge in [-0.1, -0.05) is 22.9 Å². The SMILES string of the molecule is CC(CCOc1ccc(Br)cc1[N+](=O)[O-])CCS(=O)(=O)Cl. The summed E-state index contributed by atoms with van der Waals surface area (Å²) in [5.74, 6) is 0.196. The van der Waals surface area contributed by atoms with E-state index in [1.165, 1.54) is 12.1 Å². The first-order valence-electron chi connectivity index (χ1n) is 6.18. The van der Waals surface area contributed by atoms with Gasteiger partial charge in [0.1, 0.15) is 0 Å². The van der Waals surface area contributed by atoms with E-state index < -0.39 is 14.0 Å². The number of hydrogen-bond acceptors (Lipinski definition) is 5. The van der Waals surface area contributed by atoms with Crippen molar-refractivity contribution in [3.63, 3.8) is 0 Å². The topological polar surface area (TPSA) is 86.5 Å². The first-order chi connectivity index (χ1) is 9.69. The smallest absolute Gasteiger partial charge is 0.312 e. The van der Waals surface area contributed by atoms with Crippen LogP contribution in [-0.2, 0) is 9.05 Å². The molecule has 0 amide bonds. The molecule has 0 saturated heterocycles. The van der Waals surface area contributed by atoms with Crippen LogP contribution in [-0.4, -0.2) is 25.7 Å². The molecule has 0 saturated carbocycles. The largest absolute Gasteiger partial charge is 0.487 e. The molecule has 1 atom stereocenters. The Morgan fingerprint density at radius 1 is 1.43 bits per heavy atom. The van der Waals surface area contributed by atoms with Gasteiger partial charge in [-0.3, -0.25) is 10.1 Å². The summed E-state index contributed by atoms with van der Waals surface area (Å²) in [7, 11) is 1.66. The molecule has 9 heteroatoms. The molecule has 0 bridgehead atoms. The van der Waals surface area contributed by atoms with Crippen molar-refractivity contribution in [2.24, 2.45) is 5.92 Å². The van der Waals surface area contributed by atoms with Crippen LogP contribution in [0.15, 0.2) is 22.7 Å². The quantitative estimate of drug-likeness (QED) is 0.377. The van der Waals surface area contributed by atoms with Crippen molar-refractivity contribution in [1.29, 1.82) is 0 Å². The van der Waals surface area contributed by atoms with Crippen LogP contribution >= 0.6 is 26.6 Å². The summed E-state index contributed by atoms with van der Waals surface area (Å²) in [4.78, 5) is 10.4. The molecule has 0 N–H and O–H groups in total. The van der Waals surface area contributed by atoms with E-state index >= 15 is 0 Å². The lowest BCUT2D eigenvalue weighted by atomic mass is 10.1. The van der Waals surface area contributed by atoms with E-state index in [0.717, 1.165) is 0 Å². The van der Waals surface area contributed by atoms with E-state index in [9.17, 15) is 18.5 Å². The van der Waals surface area contributed by atoms with Crippen LogP contribution in [0.2, 0.25) is 0 Å². The van der Waals surface area contributed by atoms with Gasteiger partial charge in [-0.15, -0.1) is 0 Å². The Morgan fingerprint density at radius 3 is 2.67 bits per heavy atom. The van der Waals surface area contributed by atoms with Gasteiger partial charge in [0.15, 0.2) is 5.75 Å². The number of benzene rings is 1. The highest BCUT2D eigenvalue weighted by atomic mass is 79.9. The maximum Gasteiger partial charge on any atom is 0.312 e. The van der Waals surface area contributed by atoms with Gasteiger partial charge in [0.05, 0.1) is 17.3 Å². The summed E-state index contributed by atoms with van der Waals surface area (Å²) in [6.45, 7) is 2.15. The highest BCUT2D eigenvalue weighted by Gasteiger charge is 2.16. The lowest BCUT2D eigenvalue weighted by Crippen LogP contribution is -2.09. The highest BCUT2D eigenvalue weighted by molar-refractivity contribution is 9.10. The summed E-state index contributed by atoms with van der Waals surface area (Å²) in [6.07, 6.45) is 1.01. The molecule has 6 nitrogen and oxygen atoms in total. The molecular weight excluding hydrogens is 386 g/mol. The minimum atomic E-state index is -3.48. The van der Waals surface area contributed by atoms with Crippen molar-refractivity contribution >= 4 is 41.4 Å². The number of halogens is 2. The van der Waals surface area contributed by atoms with Gasteiger partial charge in [0.2, 0.25) is 9.05 Å². The number of nitrogens with zero attached hydrogens (tertiary/aromatic N) is 1. The van der Waals surface area contributed by atoms with Crippen LogP contribution in [0.3, 0.4) is 0 Å². The Kier molecular flexibility index (Phi) is 6.89. The summed E-state index contributed by atoms with van der Waals surface area (Å²) in [6, 6.07) is 4.56. The van der Waals surface area contributed by atoms with Crippen LogP contribution in [0.25, 0.3) is 0 Å². The third kappa shape index (κ3) is 7.10. The van der Waals surface area contributed by atoms with Gasteiger partial charge in [-0.25, -0.2) is 8.42 Å². The third-order valence-corrected chi connectivity index (χ3v) is 4.52. The van der Waals surface area contributed by atoms with Gasteiger partial charge in [0, 0.05) is 21.2 Å². The molecule has 118 valence electrons. The van der Waals surface area contributed by atoms with Crippen LogP contribution in [0.4, 0.5) is 5.69 Å². The summed E-state index contributed by atoms with van der Waals surface area (Å²) in [5.41, 5.74) is -0.111. The molecule has 0 heterocycles. The highest BCUT2D eigenvalue weighted by Crippen LogP contribution is 2.30. The number of hydrogen-bond donors (Lipinski definition) is 0. The van der Waals surface area contributed by atoms with Crippen molar-refractivity contribution in [1.82, 2.24) is 0 Å². The maximum absolute atomic E-state index is 10.9. The molecule has 0 aromatic heterocycles. The molecule has 1 aromatic rings. The maximum atomic E-state index is 10.9. The molecule has 0 fully saturated rings. The van der Waals surface area contributed by atoms with E-state index in [-0.39, 0.29) is 29.7 Å². The third-order valence-electron chi connectivity index (χ3n) is 2.84. The first kappa shape index (κ1) is 18.2. The molecule has 0 spiro atoms. The molecule has 0 radical (unpaired) electrons. The second kappa shape index (κ2) is 7.95. The van der Waals surface area contributed by atoms with Gasteiger partial charge in [-0.05, 0) is 30.9 Å². The Bertz CT molecular complexity index is 608. The Morgan fingerprint density at radius 2 is 2.10 bits per heavy atom. The number of nitro groups is 1. The lowest BCUT2D eigenvalue weighted by molar-refractivity contribution is -0.385. The van der Waals surface area contributed by atoms with Crippen molar-refractivity contribution in [3.05, 3.63) is 32.8 Å². The summed E-state index contributed by atoms with van der Waals surface area (Å²) < 4.78 is 27.7. The van der Waals surface area contributed by atoms with Gasteiger partial charge < -0.3 is 4.74 Å². The molecule has 1 aromatic carbocycles. The Hall–Kier alpha value is -0.860. The average Bonchev–Trinajstić information content (AvgIpc) is 2.37. The fourth-order valence-electron chi connectivity index (χ4n) is 1.61. The molecule has 0 aliphatic heterocycles.